The zero-order valence-corrected chi connectivity index (χ0v) is 16.8. The van der Waals surface area contributed by atoms with Gasteiger partial charge in [0.1, 0.15) is 18.9 Å². The van der Waals surface area contributed by atoms with Gasteiger partial charge in [-0.15, -0.1) is 0 Å². The average Bonchev–Trinajstić information content (AvgIpc) is 3.21. The number of carbonyl (C=O) groups is 1. The number of nitrogens with zero attached hydrogens (tertiary/aromatic N) is 2. The van der Waals surface area contributed by atoms with Gasteiger partial charge in [0.15, 0.2) is 0 Å². The SMILES string of the molecule is O=C(Cn1ccc2c(OCc3ccccc3)cccc21)N1CCc2ccccc2C1. The second kappa shape index (κ2) is 8.07. The van der Waals surface area contributed by atoms with E-state index in [4.69, 9.17) is 4.74 Å². The summed E-state index contributed by atoms with van der Waals surface area (Å²) in [5, 5.41) is 1.03. The Kier molecular flexibility index (Phi) is 4.98. The maximum atomic E-state index is 13.0. The highest BCUT2D eigenvalue weighted by Crippen LogP contribution is 2.28. The van der Waals surface area contributed by atoms with Gasteiger partial charge in [-0.1, -0.05) is 60.7 Å². The van der Waals surface area contributed by atoms with Crippen molar-refractivity contribution >= 4 is 16.8 Å². The predicted molar refractivity (Wildman–Crippen MR) is 118 cm³/mol. The maximum absolute atomic E-state index is 13.0. The normalized spacial score (nSPS) is 13.3. The Labute approximate surface area is 176 Å². The molecular weight excluding hydrogens is 372 g/mol. The molecule has 4 nitrogen and oxygen atoms in total. The first kappa shape index (κ1) is 18.5. The topological polar surface area (TPSA) is 34.5 Å². The highest BCUT2D eigenvalue weighted by atomic mass is 16.5. The largest absolute Gasteiger partial charge is 0.488 e. The fraction of sp³-hybridized carbons (Fsp3) is 0.192. The van der Waals surface area contributed by atoms with Crippen LogP contribution in [0.25, 0.3) is 10.9 Å². The van der Waals surface area contributed by atoms with E-state index in [1.165, 1.54) is 11.1 Å². The summed E-state index contributed by atoms with van der Waals surface area (Å²) < 4.78 is 8.09. The Hall–Kier alpha value is -3.53. The van der Waals surface area contributed by atoms with Gasteiger partial charge in [0, 0.05) is 24.7 Å². The molecule has 150 valence electrons. The van der Waals surface area contributed by atoms with Crippen LogP contribution in [0.3, 0.4) is 0 Å². The van der Waals surface area contributed by atoms with Crippen LogP contribution in [-0.4, -0.2) is 21.9 Å². The van der Waals surface area contributed by atoms with Crippen LogP contribution in [0.15, 0.2) is 85.1 Å². The van der Waals surface area contributed by atoms with Crippen molar-refractivity contribution in [2.75, 3.05) is 6.54 Å². The second-order valence-corrected chi connectivity index (χ2v) is 7.74. The van der Waals surface area contributed by atoms with Crippen LogP contribution in [0, 0.1) is 0 Å². The van der Waals surface area contributed by atoms with Crippen molar-refractivity contribution in [2.45, 2.75) is 26.1 Å². The molecule has 1 aromatic heterocycles. The first-order chi connectivity index (χ1) is 14.8. The standard InChI is InChI=1S/C26H24N2O2/c29-26(28-15-13-21-9-4-5-10-22(21)17-28)18-27-16-14-23-24(27)11-6-12-25(23)30-19-20-7-2-1-3-8-20/h1-12,14,16H,13,15,17-19H2. The maximum Gasteiger partial charge on any atom is 0.242 e. The van der Waals surface area contributed by atoms with Gasteiger partial charge >= 0.3 is 0 Å². The molecule has 0 bridgehead atoms. The molecule has 0 aliphatic carbocycles. The Morgan fingerprint density at radius 1 is 0.867 bits per heavy atom. The van der Waals surface area contributed by atoms with Crippen LogP contribution in [0.2, 0.25) is 0 Å². The lowest BCUT2D eigenvalue weighted by Gasteiger charge is -2.29. The summed E-state index contributed by atoms with van der Waals surface area (Å²) in [5.74, 6) is 0.993. The molecule has 4 heteroatoms. The molecule has 30 heavy (non-hydrogen) atoms. The van der Waals surface area contributed by atoms with E-state index in [0.717, 1.165) is 35.2 Å². The van der Waals surface area contributed by atoms with Crippen molar-refractivity contribution < 1.29 is 9.53 Å². The average molecular weight is 396 g/mol. The molecule has 5 rings (SSSR count). The number of aromatic nitrogens is 1. The van der Waals surface area contributed by atoms with E-state index in [0.29, 0.717) is 19.7 Å². The second-order valence-electron chi connectivity index (χ2n) is 7.74. The van der Waals surface area contributed by atoms with Crippen molar-refractivity contribution in [1.29, 1.82) is 0 Å². The number of hydrogen-bond donors (Lipinski definition) is 0. The molecule has 1 aliphatic heterocycles. The van der Waals surface area contributed by atoms with Crippen LogP contribution in [-0.2, 0) is 30.9 Å². The summed E-state index contributed by atoms with van der Waals surface area (Å²) in [7, 11) is 0. The number of ether oxygens (including phenoxy) is 1. The number of benzene rings is 3. The van der Waals surface area contributed by atoms with Gasteiger partial charge < -0.3 is 14.2 Å². The third-order valence-corrected chi connectivity index (χ3v) is 5.80. The molecule has 0 N–H and O–H groups in total. The summed E-state index contributed by atoms with van der Waals surface area (Å²) >= 11 is 0. The summed E-state index contributed by atoms with van der Waals surface area (Å²) in [5.41, 5.74) is 4.76. The van der Waals surface area contributed by atoms with E-state index >= 15 is 0 Å². The van der Waals surface area contributed by atoms with E-state index in [1.54, 1.807) is 0 Å². The monoisotopic (exact) mass is 396 g/mol. The van der Waals surface area contributed by atoms with Crippen LogP contribution in [0.5, 0.6) is 5.75 Å². The number of fused-ring (bicyclic) bond motifs is 2. The fourth-order valence-corrected chi connectivity index (χ4v) is 4.15. The van der Waals surface area contributed by atoms with Gasteiger partial charge in [-0.05, 0) is 41.3 Å². The summed E-state index contributed by atoms with van der Waals surface area (Å²) in [6.07, 6.45) is 2.90. The van der Waals surface area contributed by atoms with Crippen molar-refractivity contribution in [1.82, 2.24) is 9.47 Å². The predicted octanol–water partition coefficient (Wildman–Crippen LogP) is 4.81. The van der Waals surface area contributed by atoms with Gasteiger partial charge in [-0.25, -0.2) is 0 Å². The zero-order chi connectivity index (χ0) is 20.3. The molecule has 0 saturated heterocycles. The van der Waals surface area contributed by atoms with E-state index in [2.05, 4.69) is 30.3 Å². The Bertz CT molecular complexity index is 1180. The lowest BCUT2D eigenvalue weighted by atomic mass is 10.00. The number of hydrogen-bond acceptors (Lipinski definition) is 2. The number of rotatable bonds is 5. The minimum absolute atomic E-state index is 0.151. The first-order valence-electron chi connectivity index (χ1n) is 10.4. The Balaban J connectivity index is 1.31. The molecule has 0 fully saturated rings. The Morgan fingerprint density at radius 2 is 1.67 bits per heavy atom. The number of carbonyl (C=O) groups excluding carboxylic acids is 1. The molecule has 0 spiro atoms. The molecule has 2 heterocycles. The molecule has 3 aromatic carbocycles. The van der Waals surface area contributed by atoms with Gasteiger partial charge in [0.2, 0.25) is 5.91 Å². The van der Waals surface area contributed by atoms with Crippen LogP contribution in [0.1, 0.15) is 16.7 Å². The summed E-state index contributed by atoms with van der Waals surface area (Å²) in [6.45, 7) is 2.34. The lowest BCUT2D eigenvalue weighted by Crippen LogP contribution is -2.37. The molecule has 4 aromatic rings. The van der Waals surface area contributed by atoms with Crippen LogP contribution >= 0.6 is 0 Å². The summed E-state index contributed by atoms with van der Waals surface area (Å²) in [4.78, 5) is 15.0. The van der Waals surface area contributed by atoms with Gasteiger partial charge in [0.25, 0.3) is 0 Å². The third-order valence-electron chi connectivity index (χ3n) is 5.80. The minimum atomic E-state index is 0.151. The highest BCUT2D eigenvalue weighted by Gasteiger charge is 2.21. The van der Waals surface area contributed by atoms with Gasteiger partial charge in [-0.2, -0.15) is 0 Å². The van der Waals surface area contributed by atoms with Crippen LogP contribution < -0.4 is 4.74 Å². The summed E-state index contributed by atoms with van der Waals surface area (Å²) in [6, 6.07) is 26.6. The quantitative estimate of drug-likeness (QED) is 0.485. The third kappa shape index (κ3) is 3.69. The van der Waals surface area contributed by atoms with E-state index in [1.807, 2.05) is 64.2 Å². The van der Waals surface area contributed by atoms with Crippen molar-refractivity contribution in [3.05, 3.63) is 102 Å². The zero-order valence-electron chi connectivity index (χ0n) is 16.8. The van der Waals surface area contributed by atoms with Gasteiger partial charge in [-0.3, -0.25) is 4.79 Å². The molecular formula is C26H24N2O2. The molecule has 0 radical (unpaired) electrons. The van der Waals surface area contributed by atoms with E-state index < -0.39 is 0 Å². The van der Waals surface area contributed by atoms with Crippen molar-refractivity contribution in [2.24, 2.45) is 0 Å². The van der Waals surface area contributed by atoms with E-state index in [-0.39, 0.29) is 5.91 Å². The smallest absolute Gasteiger partial charge is 0.242 e. The Morgan fingerprint density at radius 3 is 2.53 bits per heavy atom. The van der Waals surface area contributed by atoms with Crippen molar-refractivity contribution in [3.63, 3.8) is 0 Å². The molecule has 0 atom stereocenters. The van der Waals surface area contributed by atoms with Crippen molar-refractivity contribution in [3.8, 4) is 5.75 Å². The number of amides is 1. The van der Waals surface area contributed by atoms with Gasteiger partial charge in [0.05, 0.1) is 5.52 Å². The molecule has 1 amide bonds. The van der Waals surface area contributed by atoms with E-state index in [9.17, 15) is 4.79 Å². The first-order valence-corrected chi connectivity index (χ1v) is 10.4. The fourth-order valence-electron chi connectivity index (χ4n) is 4.15. The molecule has 0 saturated carbocycles. The molecule has 0 unspecified atom stereocenters. The minimum Gasteiger partial charge on any atom is -0.488 e. The highest BCUT2D eigenvalue weighted by molar-refractivity contribution is 5.88. The lowest BCUT2D eigenvalue weighted by molar-refractivity contribution is -0.132. The molecule has 1 aliphatic rings. The van der Waals surface area contributed by atoms with Crippen LogP contribution in [0.4, 0.5) is 0 Å².